The number of aromatic hydroxyl groups is 3. The molecule has 0 saturated carbocycles. The molecule has 9 nitrogen and oxygen atoms in total. The van der Waals surface area contributed by atoms with Gasteiger partial charge in [0.2, 0.25) is 0 Å². The summed E-state index contributed by atoms with van der Waals surface area (Å²) in [5.74, 6) is -0.442. The molecule has 180 valence electrons. The van der Waals surface area contributed by atoms with Crippen LogP contribution in [0.25, 0.3) is 0 Å². The van der Waals surface area contributed by atoms with Crippen LogP contribution in [-0.2, 0) is 27.1 Å². The van der Waals surface area contributed by atoms with Gasteiger partial charge in [-0.2, -0.15) is 0 Å². The van der Waals surface area contributed by atoms with Crippen LogP contribution in [-0.4, -0.2) is 73.7 Å². The highest BCUT2D eigenvalue weighted by Gasteiger charge is 2.39. The fourth-order valence-corrected chi connectivity index (χ4v) is 3.66. The number of hydrogen-bond acceptors (Lipinski definition) is 9. The zero-order valence-corrected chi connectivity index (χ0v) is 18.1. The van der Waals surface area contributed by atoms with E-state index in [9.17, 15) is 35.4 Å². The first-order chi connectivity index (χ1) is 15.7. The number of ketones is 1. The molecular formula is C24H30O9. The van der Waals surface area contributed by atoms with Crippen molar-refractivity contribution >= 4 is 5.78 Å². The third-order valence-electron chi connectivity index (χ3n) is 5.66. The zero-order valence-electron chi connectivity index (χ0n) is 18.1. The standard InChI is InChI=1S/C24H30O9/c25-16-6-1-14(2-7-16)4-9-18(33-24-23(31)22(30)21(29)13-32-24)12-17(26)8-3-15-5-10-19(27)20(28)11-15/h1-2,5-7,10-11,18,21-25,27-31H,3-4,8-9,12-13H2/t18-,21+,22-,23+,24-/m0/s1. The van der Waals surface area contributed by atoms with Gasteiger partial charge in [-0.15, -0.1) is 0 Å². The number of carbonyl (C=O) groups is 1. The van der Waals surface area contributed by atoms with Crippen molar-refractivity contribution in [2.45, 2.75) is 62.8 Å². The van der Waals surface area contributed by atoms with E-state index >= 15 is 0 Å². The van der Waals surface area contributed by atoms with Gasteiger partial charge in [0.1, 0.15) is 29.8 Å². The molecule has 0 aliphatic carbocycles. The highest BCUT2D eigenvalue weighted by molar-refractivity contribution is 5.79. The van der Waals surface area contributed by atoms with Crippen molar-refractivity contribution in [1.82, 2.24) is 0 Å². The van der Waals surface area contributed by atoms with Gasteiger partial charge in [0.05, 0.1) is 12.7 Å². The van der Waals surface area contributed by atoms with E-state index in [0.717, 1.165) is 5.56 Å². The first-order valence-corrected chi connectivity index (χ1v) is 10.8. The van der Waals surface area contributed by atoms with Gasteiger partial charge in [-0.1, -0.05) is 18.2 Å². The van der Waals surface area contributed by atoms with Gasteiger partial charge < -0.3 is 40.1 Å². The van der Waals surface area contributed by atoms with Crippen molar-refractivity contribution in [3.8, 4) is 17.2 Å². The lowest BCUT2D eigenvalue weighted by atomic mass is 9.99. The summed E-state index contributed by atoms with van der Waals surface area (Å²) in [6.07, 6.45) is -4.37. The smallest absolute Gasteiger partial charge is 0.186 e. The topological polar surface area (TPSA) is 157 Å². The van der Waals surface area contributed by atoms with Gasteiger partial charge in [-0.25, -0.2) is 0 Å². The summed E-state index contributed by atoms with van der Waals surface area (Å²) < 4.78 is 11.2. The summed E-state index contributed by atoms with van der Waals surface area (Å²) in [6.45, 7) is -0.203. The average molecular weight is 462 g/mol. The van der Waals surface area contributed by atoms with Crippen LogP contribution in [0.1, 0.15) is 30.4 Å². The van der Waals surface area contributed by atoms with Crippen LogP contribution in [0.5, 0.6) is 17.2 Å². The maximum Gasteiger partial charge on any atom is 0.186 e. The molecule has 0 bridgehead atoms. The average Bonchev–Trinajstić information content (AvgIpc) is 2.79. The minimum Gasteiger partial charge on any atom is -0.508 e. The molecule has 9 heteroatoms. The summed E-state index contributed by atoms with van der Waals surface area (Å²) in [6, 6.07) is 11.0. The Labute approximate surface area is 191 Å². The van der Waals surface area contributed by atoms with Crippen LogP contribution in [0.15, 0.2) is 42.5 Å². The molecule has 0 unspecified atom stereocenters. The van der Waals surface area contributed by atoms with E-state index in [1.165, 1.54) is 12.1 Å². The highest BCUT2D eigenvalue weighted by atomic mass is 16.7. The number of phenols is 3. The van der Waals surface area contributed by atoms with Crippen LogP contribution < -0.4 is 0 Å². The Hall–Kier alpha value is -2.69. The number of hydrogen-bond donors (Lipinski definition) is 6. The van der Waals surface area contributed by atoms with Crippen molar-refractivity contribution in [2.75, 3.05) is 6.61 Å². The SMILES string of the molecule is O=C(CCc1ccc(O)c(O)c1)C[C@H](CCc1ccc(O)cc1)O[C@@H]1OC[C@@H](O)[C@H](O)[C@H]1O. The molecule has 1 saturated heterocycles. The van der Waals surface area contributed by atoms with Crippen molar-refractivity contribution in [3.63, 3.8) is 0 Å². The normalized spacial score (nSPS) is 23.8. The van der Waals surface area contributed by atoms with E-state index in [2.05, 4.69) is 0 Å². The van der Waals surface area contributed by atoms with E-state index in [4.69, 9.17) is 9.47 Å². The number of aryl methyl sites for hydroxylation is 2. The van der Waals surface area contributed by atoms with Crippen molar-refractivity contribution in [2.24, 2.45) is 0 Å². The number of carbonyl (C=O) groups excluding carboxylic acids is 1. The maximum absolute atomic E-state index is 12.7. The number of ether oxygens (including phenoxy) is 2. The predicted octanol–water partition coefficient (Wildman–Crippen LogP) is 1.15. The molecule has 2 aromatic rings. The third-order valence-corrected chi connectivity index (χ3v) is 5.66. The molecule has 0 radical (unpaired) electrons. The number of rotatable bonds is 10. The van der Waals surface area contributed by atoms with Gasteiger partial charge in [0, 0.05) is 12.8 Å². The largest absolute Gasteiger partial charge is 0.508 e. The Morgan fingerprint density at radius 2 is 1.64 bits per heavy atom. The Kier molecular flexibility index (Phi) is 8.65. The van der Waals surface area contributed by atoms with Crippen LogP contribution in [0, 0.1) is 0 Å². The van der Waals surface area contributed by atoms with Gasteiger partial charge in [-0.05, 0) is 54.7 Å². The van der Waals surface area contributed by atoms with E-state index in [0.29, 0.717) is 24.8 Å². The van der Waals surface area contributed by atoms with E-state index in [1.807, 2.05) is 0 Å². The molecule has 1 heterocycles. The van der Waals surface area contributed by atoms with Gasteiger partial charge in [-0.3, -0.25) is 4.79 Å². The monoisotopic (exact) mass is 462 g/mol. The Balaban J connectivity index is 1.61. The molecular weight excluding hydrogens is 432 g/mol. The van der Waals surface area contributed by atoms with E-state index < -0.39 is 30.7 Å². The summed E-state index contributed by atoms with van der Waals surface area (Å²) in [4.78, 5) is 12.7. The zero-order chi connectivity index (χ0) is 24.0. The minimum absolute atomic E-state index is 0.0351. The number of Topliss-reactive ketones (excluding diaryl/α,β-unsaturated/α-hetero) is 1. The van der Waals surface area contributed by atoms with Crippen LogP contribution >= 0.6 is 0 Å². The van der Waals surface area contributed by atoms with E-state index in [-0.39, 0.29) is 42.5 Å². The van der Waals surface area contributed by atoms with Gasteiger partial charge in [0.25, 0.3) is 0 Å². The Morgan fingerprint density at radius 3 is 2.33 bits per heavy atom. The minimum atomic E-state index is -1.46. The molecule has 33 heavy (non-hydrogen) atoms. The second-order valence-corrected chi connectivity index (χ2v) is 8.28. The first kappa shape index (κ1) is 24.9. The first-order valence-electron chi connectivity index (χ1n) is 10.8. The fraction of sp³-hybridized carbons (Fsp3) is 0.458. The number of phenolic OH excluding ortho intramolecular Hbond substituents is 3. The molecule has 0 amide bonds. The molecule has 2 aromatic carbocycles. The van der Waals surface area contributed by atoms with Crippen molar-refractivity contribution < 1.29 is 44.9 Å². The summed E-state index contributed by atoms with van der Waals surface area (Å²) in [7, 11) is 0. The maximum atomic E-state index is 12.7. The second-order valence-electron chi connectivity index (χ2n) is 8.28. The van der Waals surface area contributed by atoms with Crippen LogP contribution in [0.3, 0.4) is 0 Å². The van der Waals surface area contributed by atoms with Crippen LogP contribution in [0.2, 0.25) is 0 Å². The molecule has 1 aliphatic rings. The fourth-order valence-electron chi connectivity index (χ4n) is 3.66. The van der Waals surface area contributed by atoms with Crippen LogP contribution in [0.4, 0.5) is 0 Å². The lowest BCUT2D eigenvalue weighted by molar-refractivity contribution is -0.282. The summed E-state index contributed by atoms with van der Waals surface area (Å²) >= 11 is 0. The van der Waals surface area contributed by atoms with Crippen molar-refractivity contribution in [3.05, 3.63) is 53.6 Å². The number of benzene rings is 2. The van der Waals surface area contributed by atoms with Gasteiger partial charge in [0.15, 0.2) is 17.8 Å². The molecule has 1 aliphatic heterocycles. The molecule has 0 spiro atoms. The lowest BCUT2D eigenvalue weighted by Gasteiger charge is -2.36. The molecule has 5 atom stereocenters. The summed E-state index contributed by atoms with van der Waals surface area (Å²) in [5, 5.41) is 58.2. The molecule has 3 rings (SSSR count). The Morgan fingerprint density at radius 1 is 0.939 bits per heavy atom. The lowest BCUT2D eigenvalue weighted by Crippen LogP contribution is -2.54. The number of aliphatic hydroxyl groups is 3. The third kappa shape index (κ3) is 7.15. The predicted molar refractivity (Wildman–Crippen MR) is 117 cm³/mol. The Bertz CT molecular complexity index is 915. The quantitative estimate of drug-likeness (QED) is 0.285. The highest BCUT2D eigenvalue weighted by Crippen LogP contribution is 2.26. The second kappa shape index (κ2) is 11.4. The molecule has 6 N–H and O–H groups in total. The summed E-state index contributed by atoms with van der Waals surface area (Å²) in [5.41, 5.74) is 1.62. The van der Waals surface area contributed by atoms with Crippen molar-refractivity contribution in [1.29, 1.82) is 0 Å². The number of aliphatic hydroxyl groups excluding tert-OH is 3. The molecule has 1 fully saturated rings. The van der Waals surface area contributed by atoms with E-state index in [1.54, 1.807) is 30.3 Å². The molecule has 0 aromatic heterocycles. The van der Waals surface area contributed by atoms with Gasteiger partial charge >= 0.3 is 0 Å².